The van der Waals surface area contributed by atoms with Gasteiger partial charge in [0.15, 0.2) is 0 Å². The number of hydrogen-bond acceptors (Lipinski definition) is 3. The molecule has 2 aliphatic heterocycles. The number of carboxylic acids is 1. The van der Waals surface area contributed by atoms with E-state index >= 15 is 0 Å². The first kappa shape index (κ1) is 14.4. The first-order chi connectivity index (χ1) is 9.92. The molecule has 0 radical (unpaired) electrons. The summed E-state index contributed by atoms with van der Waals surface area (Å²) in [4.78, 5) is 13.2. The molecule has 2 aliphatic rings. The van der Waals surface area contributed by atoms with Crippen LogP contribution < -0.4 is 4.74 Å². The highest BCUT2D eigenvalue weighted by atomic mass is 16.5. The van der Waals surface area contributed by atoms with Gasteiger partial charge in [-0.2, -0.15) is 0 Å². The van der Waals surface area contributed by atoms with E-state index in [1.54, 1.807) is 6.92 Å². The zero-order valence-corrected chi connectivity index (χ0v) is 13.0. The summed E-state index contributed by atoms with van der Waals surface area (Å²) in [5, 5.41) is 9.19. The van der Waals surface area contributed by atoms with Crippen molar-refractivity contribution >= 4 is 5.97 Å². The van der Waals surface area contributed by atoms with Crippen LogP contribution in [0.3, 0.4) is 0 Å². The van der Waals surface area contributed by atoms with Crippen molar-refractivity contribution in [2.24, 2.45) is 0 Å². The summed E-state index contributed by atoms with van der Waals surface area (Å²) < 4.78 is 6.42. The molecule has 0 aliphatic carbocycles. The lowest BCUT2D eigenvalue weighted by Gasteiger charge is -2.37. The molecule has 21 heavy (non-hydrogen) atoms. The van der Waals surface area contributed by atoms with Crippen molar-refractivity contribution in [1.29, 1.82) is 0 Å². The zero-order chi connectivity index (χ0) is 15.2. The first-order valence-electron chi connectivity index (χ1n) is 7.67. The second kappa shape index (κ2) is 5.02. The van der Waals surface area contributed by atoms with E-state index in [0.29, 0.717) is 6.54 Å². The van der Waals surface area contributed by atoms with Crippen LogP contribution in [0, 0.1) is 13.8 Å². The average molecular weight is 289 g/mol. The van der Waals surface area contributed by atoms with E-state index in [0.717, 1.165) is 31.6 Å². The van der Waals surface area contributed by atoms with Crippen molar-refractivity contribution in [2.75, 3.05) is 13.1 Å². The molecule has 114 valence electrons. The standard InChI is InChI=1S/C17H23NO3/c1-11-4-5-14-6-7-17(21-15(14)12(11)2)8-9-18(10-17)13(3)16(19)20/h4-5,13H,6-10H2,1-3H3,(H,19,20). The van der Waals surface area contributed by atoms with Crippen molar-refractivity contribution < 1.29 is 14.6 Å². The van der Waals surface area contributed by atoms with Crippen molar-refractivity contribution in [3.05, 3.63) is 28.8 Å². The maximum atomic E-state index is 11.2. The number of likely N-dealkylation sites (tertiary alicyclic amines) is 1. The van der Waals surface area contributed by atoms with Crippen LogP contribution in [0.4, 0.5) is 0 Å². The van der Waals surface area contributed by atoms with Gasteiger partial charge in [0.25, 0.3) is 0 Å². The van der Waals surface area contributed by atoms with E-state index in [9.17, 15) is 9.90 Å². The molecule has 4 heteroatoms. The van der Waals surface area contributed by atoms with Gasteiger partial charge in [0.05, 0.1) is 0 Å². The van der Waals surface area contributed by atoms with Gasteiger partial charge in [0.2, 0.25) is 0 Å². The Morgan fingerprint density at radius 2 is 2.14 bits per heavy atom. The van der Waals surface area contributed by atoms with Gasteiger partial charge in [-0.1, -0.05) is 12.1 Å². The predicted molar refractivity (Wildman–Crippen MR) is 80.9 cm³/mol. The van der Waals surface area contributed by atoms with E-state index in [2.05, 4.69) is 26.0 Å². The molecular formula is C17H23NO3. The molecule has 2 heterocycles. The minimum atomic E-state index is -0.754. The van der Waals surface area contributed by atoms with Gasteiger partial charge in [-0.15, -0.1) is 0 Å². The summed E-state index contributed by atoms with van der Waals surface area (Å²) >= 11 is 0. The highest BCUT2D eigenvalue weighted by Gasteiger charge is 2.45. The minimum Gasteiger partial charge on any atom is -0.485 e. The Morgan fingerprint density at radius 1 is 1.38 bits per heavy atom. The molecule has 1 saturated heterocycles. The van der Waals surface area contributed by atoms with Gasteiger partial charge >= 0.3 is 5.97 Å². The van der Waals surface area contributed by atoms with Crippen LogP contribution in [0.15, 0.2) is 12.1 Å². The Morgan fingerprint density at radius 3 is 2.86 bits per heavy atom. The van der Waals surface area contributed by atoms with Gasteiger partial charge in [-0.3, -0.25) is 9.69 Å². The number of fused-ring (bicyclic) bond motifs is 1. The Kier molecular flexibility index (Phi) is 3.44. The molecule has 1 aromatic carbocycles. The monoisotopic (exact) mass is 289 g/mol. The van der Waals surface area contributed by atoms with E-state index in [1.165, 1.54) is 16.7 Å². The summed E-state index contributed by atoms with van der Waals surface area (Å²) in [5.41, 5.74) is 3.55. The minimum absolute atomic E-state index is 0.199. The Hall–Kier alpha value is -1.55. The second-order valence-electron chi connectivity index (χ2n) is 6.52. The van der Waals surface area contributed by atoms with Crippen molar-refractivity contribution in [3.8, 4) is 5.75 Å². The van der Waals surface area contributed by atoms with Gasteiger partial charge in [-0.25, -0.2) is 0 Å². The molecular weight excluding hydrogens is 266 g/mol. The normalized spacial score (nSPS) is 26.4. The molecule has 2 unspecified atom stereocenters. The SMILES string of the molecule is Cc1ccc2c(c1C)OC1(CC2)CCN(C(C)C(=O)O)C1. The van der Waals surface area contributed by atoms with Gasteiger partial charge < -0.3 is 9.84 Å². The lowest BCUT2D eigenvalue weighted by molar-refractivity contribution is -0.142. The largest absolute Gasteiger partial charge is 0.485 e. The molecule has 0 saturated carbocycles. The van der Waals surface area contributed by atoms with Crippen LogP contribution in [0.5, 0.6) is 5.75 Å². The Labute approximate surface area is 125 Å². The van der Waals surface area contributed by atoms with Gasteiger partial charge in [0, 0.05) is 19.5 Å². The number of nitrogens with zero attached hydrogens (tertiary/aromatic N) is 1. The quantitative estimate of drug-likeness (QED) is 0.909. The number of benzene rings is 1. The lowest BCUT2D eigenvalue weighted by Crippen LogP contribution is -2.45. The third-order valence-electron chi connectivity index (χ3n) is 5.18. The van der Waals surface area contributed by atoms with E-state index in [4.69, 9.17) is 4.74 Å². The van der Waals surface area contributed by atoms with Crippen LogP contribution in [-0.2, 0) is 11.2 Å². The molecule has 3 rings (SSSR count). The summed E-state index contributed by atoms with van der Waals surface area (Å²) in [7, 11) is 0. The molecule has 1 aromatic rings. The average Bonchev–Trinajstić information content (AvgIpc) is 2.86. The summed E-state index contributed by atoms with van der Waals surface area (Å²) in [6.07, 6.45) is 2.91. The molecule has 4 nitrogen and oxygen atoms in total. The van der Waals surface area contributed by atoms with Crippen LogP contribution in [0.1, 0.15) is 36.5 Å². The van der Waals surface area contributed by atoms with E-state index < -0.39 is 12.0 Å². The highest BCUT2D eigenvalue weighted by Crippen LogP contribution is 2.41. The predicted octanol–water partition coefficient (Wildman–Crippen LogP) is 2.55. The number of aliphatic carboxylic acids is 1. The smallest absolute Gasteiger partial charge is 0.320 e. The van der Waals surface area contributed by atoms with E-state index in [1.807, 2.05) is 4.90 Å². The van der Waals surface area contributed by atoms with E-state index in [-0.39, 0.29) is 5.60 Å². The molecule has 0 aromatic heterocycles. The maximum absolute atomic E-state index is 11.2. The molecule has 1 spiro atoms. The first-order valence-corrected chi connectivity index (χ1v) is 7.67. The molecule has 1 N–H and O–H groups in total. The molecule has 1 fully saturated rings. The Balaban J connectivity index is 1.83. The molecule has 0 amide bonds. The lowest BCUT2D eigenvalue weighted by atomic mass is 9.88. The maximum Gasteiger partial charge on any atom is 0.320 e. The Bertz CT molecular complexity index is 584. The number of ether oxygens (including phenoxy) is 1. The van der Waals surface area contributed by atoms with Crippen LogP contribution >= 0.6 is 0 Å². The molecule has 0 bridgehead atoms. The fraction of sp³-hybridized carbons (Fsp3) is 0.588. The number of rotatable bonds is 2. The molecule has 2 atom stereocenters. The van der Waals surface area contributed by atoms with Gasteiger partial charge in [-0.05, 0) is 50.3 Å². The number of carbonyl (C=O) groups is 1. The van der Waals surface area contributed by atoms with Crippen molar-refractivity contribution in [2.45, 2.75) is 51.7 Å². The van der Waals surface area contributed by atoms with Crippen molar-refractivity contribution in [3.63, 3.8) is 0 Å². The fourth-order valence-electron chi connectivity index (χ4n) is 3.46. The van der Waals surface area contributed by atoms with Crippen LogP contribution in [-0.4, -0.2) is 40.7 Å². The summed E-state index contributed by atoms with van der Waals surface area (Å²) in [6, 6.07) is 3.88. The van der Waals surface area contributed by atoms with Gasteiger partial charge in [0.1, 0.15) is 17.4 Å². The number of hydrogen-bond donors (Lipinski definition) is 1. The van der Waals surface area contributed by atoms with Crippen molar-refractivity contribution in [1.82, 2.24) is 4.90 Å². The number of carboxylic acid groups (broad SMARTS) is 1. The second-order valence-corrected chi connectivity index (χ2v) is 6.52. The summed E-state index contributed by atoms with van der Waals surface area (Å²) in [5.74, 6) is 0.279. The third kappa shape index (κ3) is 2.42. The number of aryl methyl sites for hydroxylation is 2. The van der Waals surface area contributed by atoms with Crippen LogP contribution in [0.2, 0.25) is 0 Å². The third-order valence-corrected chi connectivity index (χ3v) is 5.18. The highest BCUT2D eigenvalue weighted by molar-refractivity contribution is 5.73. The topological polar surface area (TPSA) is 49.8 Å². The van der Waals surface area contributed by atoms with Crippen LogP contribution in [0.25, 0.3) is 0 Å². The summed E-state index contributed by atoms with van der Waals surface area (Å²) in [6.45, 7) is 7.49. The fourth-order valence-corrected chi connectivity index (χ4v) is 3.46. The zero-order valence-electron chi connectivity index (χ0n) is 13.0.